The molecule has 0 saturated heterocycles. The van der Waals surface area contributed by atoms with Gasteiger partial charge < -0.3 is 11.1 Å². The summed E-state index contributed by atoms with van der Waals surface area (Å²) in [5.74, 6) is -0.692. The number of rotatable bonds is 5. The molecular weight excluding hydrogens is 260 g/mol. The van der Waals surface area contributed by atoms with E-state index < -0.39 is 17.7 Å². The lowest BCUT2D eigenvalue weighted by molar-refractivity contribution is 0.473. The van der Waals surface area contributed by atoms with Crippen LogP contribution in [-0.4, -0.2) is 11.5 Å². The number of halogens is 2. The van der Waals surface area contributed by atoms with E-state index in [1.165, 1.54) is 18.2 Å². The molecule has 1 atom stereocenters. The molecule has 3 nitrogen and oxygen atoms in total. The van der Waals surface area contributed by atoms with E-state index in [1.54, 1.807) is 18.3 Å². The highest BCUT2D eigenvalue weighted by Gasteiger charge is 2.19. The van der Waals surface area contributed by atoms with E-state index in [1.807, 2.05) is 6.92 Å². The van der Waals surface area contributed by atoms with Gasteiger partial charge in [0.05, 0.1) is 0 Å². The minimum absolute atomic E-state index is 0.0599. The number of hydrogen-bond acceptors (Lipinski definition) is 3. The maximum absolute atomic E-state index is 13.9. The molecule has 0 spiro atoms. The molecule has 2 rings (SSSR count). The van der Waals surface area contributed by atoms with E-state index in [0.29, 0.717) is 18.8 Å². The highest BCUT2D eigenvalue weighted by Crippen LogP contribution is 2.24. The second-order valence-corrected chi connectivity index (χ2v) is 4.54. The average Bonchev–Trinajstić information content (AvgIpc) is 2.38. The summed E-state index contributed by atoms with van der Waals surface area (Å²) in [5.41, 5.74) is 6.57. The molecule has 1 heterocycles. The van der Waals surface area contributed by atoms with Gasteiger partial charge in [-0.3, -0.25) is 0 Å². The fourth-order valence-electron chi connectivity index (χ4n) is 2.22. The molecule has 1 unspecified atom stereocenters. The normalized spacial score (nSPS) is 12.3. The Labute approximate surface area is 116 Å². The van der Waals surface area contributed by atoms with E-state index in [4.69, 9.17) is 5.73 Å². The Balaban J connectivity index is 2.32. The third kappa shape index (κ3) is 3.30. The SMILES string of the molecule is CCNC(Cc1ccnc(N)c1)c1c(F)cccc1F. The summed E-state index contributed by atoms with van der Waals surface area (Å²) in [6.45, 7) is 2.51. The molecule has 0 aliphatic heterocycles. The van der Waals surface area contributed by atoms with Crippen LogP contribution in [0.4, 0.5) is 14.6 Å². The quantitative estimate of drug-likeness (QED) is 0.883. The molecule has 106 valence electrons. The molecule has 0 amide bonds. The van der Waals surface area contributed by atoms with E-state index >= 15 is 0 Å². The van der Waals surface area contributed by atoms with Crippen LogP contribution in [0.1, 0.15) is 24.1 Å². The van der Waals surface area contributed by atoms with Crippen molar-refractivity contribution in [2.75, 3.05) is 12.3 Å². The maximum atomic E-state index is 13.9. The van der Waals surface area contributed by atoms with E-state index in [-0.39, 0.29) is 5.56 Å². The van der Waals surface area contributed by atoms with Gasteiger partial charge in [-0.2, -0.15) is 0 Å². The highest BCUT2D eigenvalue weighted by molar-refractivity contribution is 5.33. The molecule has 0 fully saturated rings. The Kier molecular flexibility index (Phi) is 4.63. The number of aromatic nitrogens is 1. The van der Waals surface area contributed by atoms with E-state index in [2.05, 4.69) is 10.3 Å². The first-order valence-electron chi connectivity index (χ1n) is 6.49. The fourth-order valence-corrected chi connectivity index (χ4v) is 2.22. The van der Waals surface area contributed by atoms with E-state index in [9.17, 15) is 8.78 Å². The molecule has 2 aromatic rings. The molecule has 1 aromatic heterocycles. The number of anilines is 1. The number of benzene rings is 1. The van der Waals surface area contributed by atoms with Crippen LogP contribution < -0.4 is 11.1 Å². The first-order valence-corrected chi connectivity index (χ1v) is 6.49. The number of hydrogen-bond donors (Lipinski definition) is 2. The van der Waals surface area contributed by atoms with Gasteiger partial charge in [0.15, 0.2) is 0 Å². The van der Waals surface area contributed by atoms with E-state index in [0.717, 1.165) is 5.56 Å². The van der Waals surface area contributed by atoms with Crippen molar-refractivity contribution in [2.24, 2.45) is 0 Å². The van der Waals surface area contributed by atoms with Crippen molar-refractivity contribution in [3.8, 4) is 0 Å². The predicted octanol–water partition coefficient (Wildman–Crippen LogP) is 2.84. The third-order valence-corrected chi connectivity index (χ3v) is 3.08. The Bertz CT molecular complexity index is 567. The molecule has 0 bridgehead atoms. The van der Waals surface area contributed by atoms with Gasteiger partial charge in [0.2, 0.25) is 0 Å². The highest BCUT2D eigenvalue weighted by atomic mass is 19.1. The molecule has 1 aromatic carbocycles. The molecule has 0 aliphatic carbocycles. The van der Waals surface area contributed by atoms with Crippen molar-refractivity contribution in [3.63, 3.8) is 0 Å². The molecular formula is C15H17F2N3. The largest absolute Gasteiger partial charge is 0.384 e. The van der Waals surface area contributed by atoms with Crippen molar-refractivity contribution in [1.82, 2.24) is 10.3 Å². The smallest absolute Gasteiger partial charge is 0.130 e. The third-order valence-electron chi connectivity index (χ3n) is 3.08. The van der Waals surface area contributed by atoms with Crippen LogP contribution >= 0.6 is 0 Å². The summed E-state index contributed by atoms with van der Waals surface area (Å²) in [4.78, 5) is 3.91. The number of pyridine rings is 1. The number of likely N-dealkylation sites (N-methyl/N-ethyl adjacent to an activating group) is 1. The van der Waals surface area contributed by atoms with Crippen LogP contribution in [0.25, 0.3) is 0 Å². The number of nitrogens with zero attached hydrogens (tertiary/aromatic N) is 1. The van der Waals surface area contributed by atoms with Gasteiger partial charge in [0, 0.05) is 17.8 Å². The summed E-state index contributed by atoms with van der Waals surface area (Å²) < 4.78 is 27.8. The van der Waals surface area contributed by atoms with Crippen LogP contribution in [0.2, 0.25) is 0 Å². The lowest BCUT2D eigenvalue weighted by Gasteiger charge is -2.19. The summed E-state index contributed by atoms with van der Waals surface area (Å²) >= 11 is 0. The summed E-state index contributed by atoms with van der Waals surface area (Å²) in [6.07, 6.45) is 2.03. The Morgan fingerprint density at radius 1 is 1.25 bits per heavy atom. The van der Waals surface area contributed by atoms with Gasteiger partial charge in [0.25, 0.3) is 0 Å². The molecule has 5 heteroatoms. The minimum atomic E-state index is -0.544. The van der Waals surface area contributed by atoms with Crippen molar-refractivity contribution in [2.45, 2.75) is 19.4 Å². The zero-order valence-corrected chi connectivity index (χ0v) is 11.2. The van der Waals surface area contributed by atoms with Gasteiger partial charge in [0.1, 0.15) is 17.5 Å². The minimum Gasteiger partial charge on any atom is -0.384 e. The summed E-state index contributed by atoms with van der Waals surface area (Å²) in [7, 11) is 0. The van der Waals surface area contributed by atoms with Gasteiger partial charge in [-0.05, 0) is 42.8 Å². The van der Waals surface area contributed by atoms with Crippen molar-refractivity contribution in [3.05, 3.63) is 59.3 Å². The molecule has 3 N–H and O–H groups in total. The monoisotopic (exact) mass is 277 g/mol. The number of nitrogens with two attached hydrogens (primary N) is 1. The van der Waals surface area contributed by atoms with Gasteiger partial charge in [-0.25, -0.2) is 13.8 Å². The first-order chi connectivity index (χ1) is 9.61. The molecule has 0 saturated carbocycles. The molecule has 0 aliphatic rings. The van der Waals surface area contributed by atoms with Crippen molar-refractivity contribution < 1.29 is 8.78 Å². The second-order valence-electron chi connectivity index (χ2n) is 4.54. The predicted molar refractivity (Wildman–Crippen MR) is 75.1 cm³/mol. The number of nitrogens with one attached hydrogen (secondary N) is 1. The topological polar surface area (TPSA) is 50.9 Å². The zero-order chi connectivity index (χ0) is 14.5. The van der Waals surface area contributed by atoms with Gasteiger partial charge in [-0.1, -0.05) is 13.0 Å². The second kappa shape index (κ2) is 6.43. The fraction of sp³-hybridized carbons (Fsp3) is 0.267. The van der Waals surface area contributed by atoms with Crippen LogP contribution in [0, 0.1) is 11.6 Å². The lowest BCUT2D eigenvalue weighted by atomic mass is 9.98. The van der Waals surface area contributed by atoms with Gasteiger partial charge >= 0.3 is 0 Å². The molecule has 0 radical (unpaired) electrons. The first kappa shape index (κ1) is 14.4. The Morgan fingerprint density at radius 2 is 1.95 bits per heavy atom. The maximum Gasteiger partial charge on any atom is 0.130 e. The van der Waals surface area contributed by atoms with Crippen LogP contribution in [0.15, 0.2) is 36.5 Å². The number of nitrogen functional groups attached to an aromatic ring is 1. The van der Waals surface area contributed by atoms with Crippen molar-refractivity contribution in [1.29, 1.82) is 0 Å². The summed E-state index contributed by atoms with van der Waals surface area (Å²) in [5, 5.41) is 3.11. The standard InChI is InChI=1S/C15H17F2N3/c1-2-19-13(8-10-6-7-20-14(18)9-10)15-11(16)4-3-5-12(15)17/h3-7,9,13,19H,2,8H2,1H3,(H2,18,20). The average molecular weight is 277 g/mol. The van der Waals surface area contributed by atoms with Gasteiger partial charge in [-0.15, -0.1) is 0 Å². The van der Waals surface area contributed by atoms with Crippen molar-refractivity contribution >= 4 is 5.82 Å². The Morgan fingerprint density at radius 3 is 2.55 bits per heavy atom. The summed E-state index contributed by atoms with van der Waals surface area (Å²) in [6, 6.07) is 6.96. The lowest BCUT2D eigenvalue weighted by Crippen LogP contribution is -2.25. The zero-order valence-electron chi connectivity index (χ0n) is 11.2. The van der Waals surface area contributed by atoms with Crippen LogP contribution in [0.5, 0.6) is 0 Å². The molecule has 20 heavy (non-hydrogen) atoms. The van der Waals surface area contributed by atoms with Crippen LogP contribution in [-0.2, 0) is 6.42 Å². The van der Waals surface area contributed by atoms with Crippen LogP contribution in [0.3, 0.4) is 0 Å². The Hall–Kier alpha value is -2.01.